The molecule has 2 aliphatic heterocycles. The molecule has 3 heterocycles. The minimum absolute atomic E-state index is 0.0957. The summed E-state index contributed by atoms with van der Waals surface area (Å²) in [6.07, 6.45) is 13.0. The van der Waals surface area contributed by atoms with Crippen molar-refractivity contribution >= 4 is 22.8 Å². The van der Waals surface area contributed by atoms with E-state index in [0.29, 0.717) is 43.5 Å². The van der Waals surface area contributed by atoms with Crippen LogP contribution in [0.15, 0.2) is 29.1 Å². The van der Waals surface area contributed by atoms with E-state index in [1.165, 1.54) is 57.8 Å². The second kappa shape index (κ2) is 10.5. The number of nitrogens with two attached hydrogens (primary N) is 1. The third kappa shape index (κ3) is 4.90. The lowest BCUT2D eigenvalue weighted by molar-refractivity contribution is -0.142. The van der Waals surface area contributed by atoms with Crippen molar-refractivity contribution < 1.29 is 9.90 Å². The number of carbonyl (C=O) groups is 1. The molecule has 1 saturated carbocycles. The fraction of sp³-hybridized carbons (Fsp3) is 0.679. The standard InChI is InChI=1S/C28H41N5O3/c1-20-13-14-22(33(20)21-9-5-3-2-4-6-10-21)15-17-32-24-12-8-7-11-23(24)30-25(26(32)34)31-18-16-28(29,19-31)27(35)36/h7-8,11-12,20-22H,2-6,9-10,13-19,29H2,1H3,(H,35,36)/t20?,22-,28?/m0/s1. The second-order valence-electron chi connectivity index (χ2n) is 11.3. The van der Waals surface area contributed by atoms with Gasteiger partial charge in [0.15, 0.2) is 5.82 Å². The average Bonchev–Trinajstić information content (AvgIpc) is 3.42. The number of carboxylic acids is 1. The molecule has 2 aromatic rings. The summed E-state index contributed by atoms with van der Waals surface area (Å²) in [5, 5.41) is 9.57. The first-order chi connectivity index (χ1) is 17.4. The molecule has 3 N–H and O–H groups in total. The number of likely N-dealkylation sites (tertiary alicyclic amines) is 1. The summed E-state index contributed by atoms with van der Waals surface area (Å²) in [4.78, 5) is 34.7. The number of carboxylic acid groups (broad SMARTS) is 1. The number of fused-ring (bicyclic) bond motifs is 1. The lowest BCUT2D eigenvalue weighted by Crippen LogP contribution is -2.50. The Hall–Kier alpha value is -2.45. The largest absolute Gasteiger partial charge is 0.480 e. The molecule has 0 amide bonds. The normalized spacial score (nSPS) is 28.4. The second-order valence-corrected chi connectivity index (χ2v) is 11.3. The van der Waals surface area contributed by atoms with Crippen molar-refractivity contribution in [2.75, 3.05) is 18.0 Å². The van der Waals surface area contributed by atoms with Gasteiger partial charge in [0.1, 0.15) is 5.54 Å². The van der Waals surface area contributed by atoms with Crippen LogP contribution in [0.2, 0.25) is 0 Å². The van der Waals surface area contributed by atoms with Gasteiger partial charge >= 0.3 is 5.97 Å². The number of benzene rings is 1. The molecular formula is C28H41N5O3. The zero-order chi connectivity index (χ0) is 25.3. The van der Waals surface area contributed by atoms with Crippen LogP contribution in [0.4, 0.5) is 5.82 Å². The Balaban J connectivity index is 1.40. The van der Waals surface area contributed by atoms with Crippen molar-refractivity contribution in [1.29, 1.82) is 0 Å². The molecule has 8 heteroatoms. The quantitative estimate of drug-likeness (QED) is 0.629. The first kappa shape index (κ1) is 25.2. The number of nitrogens with zero attached hydrogens (tertiary/aromatic N) is 4. The molecule has 1 aromatic heterocycles. The number of hydrogen-bond donors (Lipinski definition) is 2. The van der Waals surface area contributed by atoms with E-state index in [1.807, 2.05) is 28.8 Å². The first-order valence-electron chi connectivity index (χ1n) is 13.9. The molecule has 0 spiro atoms. The molecule has 2 unspecified atom stereocenters. The molecule has 3 atom stereocenters. The highest BCUT2D eigenvalue weighted by atomic mass is 16.4. The van der Waals surface area contributed by atoms with E-state index in [4.69, 9.17) is 5.73 Å². The van der Waals surface area contributed by atoms with Gasteiger partial charge in [-0.15, -0.1) is 0 Å². The number of anilines is 1. The fourth-order valence-corrected chi connectivity index (χ4v) is 6.85. The van der Waals surface area contributed by atoms with Crippen LogP contribution in [-0.4, -0.2) is 62.3 Å². The van der Waals surface area contributed by atoms with Gasteiger partial charge < -0.3 is 20.3 Å². The van der Waals surface area contributed by atoms with Crippen molar-refractivity contribution in [3.63, 3.8) is 0 Å². The van der Waals surface area contributed by atoms with Crippen molar-refractivity contribution in [2.24, 2.45) is 5.73 Å². The van der Waals surface area contributed by atoms with E-state index in [-0.39, 0.29) is 12.1 Å². The Labute approximate surface area is 213 Å². The molecule has 3 aliphatic rings. The highest BCUT2D eigenvalue weighted by Gasteiger charge is 2.42. The zero-order valence-corrected chi connectivity index (χ0v) is 21.6. The summed E-state index contributed by atoms with van der Waals surface area (Å²) < 4.78 is 1.87. The minimum atomic E-state index is -1.34. The molecule has 1 aliphatic carbocycles. The minimum Gasteiger partial charge on any atom is -0.480 e. The van der Waals surface area contributed by atoms with Crippen molar-refractivity contribution in [2.45, 2.75) is 108 Å². The van der Waals surface area contributed by atoms with E-state index in [2.05, 4.69) is 16.8 Å². The summed E-state index contributed by atoms with van der Waals surface area (Å²) in [6, 6.07) is 9.51. The lowest BCUT2D eigenvalue weighted by Gasteiger charge is -2.37. The van der Waals surface area contributed by atoms with Crippen LogP contribution in [-0.2, 0) is 11.3 Å². The molecule has 0 radical (unpaired) electrons. The maximum Gasteiger partial charge on any atom is 0.325 e. The van der Waals surface area contributed by atoms with Crippen molar-refractivity contribution in [1.82, 2.24) is 14.5 Å². The van der Waals surface area contributed by atoms with E-state index in [0.717, 1.165) is 17.5 Å². The summed E-state index contributed by atoms with van der Waals surface area (Å²) in [5.74, 6) is -0.713. The molecule has 0 bridgehead atoms. The molecule has 1 aromatic carbocycles. The molecule has 5 rings (SSSR count). The third-order valence-electron chi connectivity index (χ3n) is 8.89. The van der Waals surface area contributed by atoms with Crippen LogP contribution in [0.1, 0.15) is 77.6 Å². The van der Waals surface area contributed by atoms with Crippen molar-refractivity contribution in [3.8, 4) is 0 Å². The monoisotopic (exact) mass is 495 g/mol. The number of rotatable bonds is 6. The van der Waals surface area contributed by atoms with Gasteiger partial charge in [-0.1, -0.05) is 44.2 Å². The smallest absolute Gasteiger partial charge is 0.325 e. The molecule has 3 fully saturated rings. The van der Waals surface area contributed by atoms with Crippen LogP contribution < -0.4 is 16.2 Å². The van der Waals surface area contributed by atoms with Gasteiger partial charge in [-0.2, -0.15) is 0 Å². The van der Waals surface area contributed by atoms with Gasteiger partial charge in [-0.3, -0.25) is 14.5 Å². The third-order valence-corrected chi connectivity index (χ3v) is 8.89. The van der Waals surface area contributed by atoms with E-state index >= 15 is 0 Å². The van der Waals surface area contributed by atoms with Crippen LogP contribution in [0, 0.1) is 0 Å². The van der Waals surface area contributed by atoms with Crippen LogP contribution in [0.25, 0.3) is 11.0 Å². The van der Waals surface area contributed by atoms with Gasteiger partial charge in [0.05, 0.1) is 11.0 Å². The predicted molar refractivity (Wildman–Crippen MR) is 142 cm³/mol. The van der Waals surface area contributed by atoms with Gasteiger partial charge in [-0.25, -0.2) is 4.98 Å². The average molecular weight is 496 g/mol. The molecule has 36 heavy (non-hydrogen) atoms. The molecule has 2 saturated heterocycles. The summed E-state index contributed by atoms with van der Waals surface area (Å²) in [6.45, 7) is 3.52. The Morgan fingerprint density at radius 1 is 1.11 bits per heavy atom. The maximum absolute atomic E-state index is 13.7. The maximum atomic E-state index is 13.7. The SMILES string of the molecule is CC1CC[C@@H](CCn2c(=O)c(N3CCC(N)(C(=O)O)C3)nc3ccccc32)N1C1CCCCCCC1. The fourth-order valence-electron chi connectivity index (χ4n) is 6.85. The summed E-state index contributed by atoms with van der Waals surface area (Å²) in [7, 11) is 0. The van der Waals surface area contributed by atoms with E-state index in [1.54, 1.807) is 4.90 Å². The van der Waals surface area contributed by atoms with Gasteiger partial charge in [0.2, 0.25) is 0 Å². The number of para-hydroxylation sites is 2. The Morgan fingerprint density at radius 3 is 2.56 bits per heavy atom. The van der Waals surface area contributed by atoms with Crippen molar-refractivity contribution in [3.05, 3.63) is 34.6 Å². The highest BCUT2D eigenvalue weighted by Crippen LogP contribution is 2.34. The molecule has 8 nitrogen and oxygen atoms in total. The number of hydrogen-bond acceptors (Lipinski definition) is 6. The first-order valence-corrected chi connectivity index (χ1v) is 13.9. The number of aromatic nitrogens is 2. The number of aryl methyl sites for hydroxylation is 1. The van der Waals surface area contributed by atoms with Gasteiger partial charge in [0, 0.05) is 37.8 Å². The van der Waals surface area contributed by atoms with Crippen LogP contribution in [0.5, 0.6) is 0 Å². The lowest BCUT2D eigenvalue weighted by atomic mass is 9.94. The van der Waals surface area contributed by atoms with Crippen LogP contribution >= 0.6 is 0 Å². The number of aliphatic carboxylic acids is 1. The van der Waals surface area contributed by atoms with E-state index in [9.17, 15) is 14.7 Å². The Bertz CT molecular complexity index is 1140. The summed E-state index contributed by atoms with van der Waals surface area (Å²) in [5.41, 5.74) is 6.21. The van der Waals surface area contributed by atoms with E-state index < -0.39 is 11.5 Å². The highest BCUT2D eigenvalue weighted by molar-refractivity contribution is 5.81. The van der Waals surface area contributed by atoms with Gasteiger partial charge in [-0.05, 0) is 57.6 Å². The predicted octanol–water partition coefficient (Wildman–Crippen LogP) is 3.74. The van der Waals surface area contributed by atoms with Crippen LogP contribution in [0.3, 0.4) is 0 Å². The summed E-state index contributed by atoms with van der Waals surface area (Å²) >= 11 is 0. The molecular weight excluding hydrogens is 454 g/mol. The molecule has 196 valence electrons. The zero-order valence-electron chi connectivity index (χ0n) is 21.6. The topological polar surface area (TPSA) is 105 Å². The Morgan fingerprint density at radius 2 is 1.83 bits per heavy atom. The Kier molecular flexibility index (Phi) is 7.35. The van der Waals surface area contributed by atoms with Gasteiger partial charge in [0.25, 0.3) is 5.56 Å².